The Morgan fingerprint density at radius 3 is 0.953 bits per heavy atom. The molecule has 0 amide bonds. The van der Waals surface area contributed by atoms with E-state index in [-0.39, 0.29) is 31.1 Å². The van der Waals surface area contributed by atoms with Crippen molar-refractivity contribution in [3.63, 3.8) is 0 Å². The van der Waals surface area contributed by atoms with Gasteiger partial charge in [0.15, 0.2) is 6.10 Å². The van der Waals surface area contributed by atoms with Gasteiger partial charge in [-0.3, -0.25) is 14.4 Å². The predicted octanol–water partition coefficient (Wildman–Crippen LogP) is 17.6. The van der Waals surface area contributed by atoms with Gasteiger partial charge in [0.25, 0.3) is 0 Å². The van der Waals surface area contributed by atoms with Gasteiger partial charge in [-0.15, -0.1) is 0 Å². The van der Waals surface area contributed by atoms with E-state index in [9.17, 15) is 14.4 Å². The van der Waals surface area contributed by atoms with E-state index in [1.165, 1.54) is 135 Å². The molecule has 0 aromatic rings. The molecule has 0 bridgehead atoms. The highest BCUT2D eigenvalue weighted by atomic mass is 16.6. The number of carbonyl (C=O) groups is 3. The number of hydrogen-bond donors (Lipinski definition) is 0. The largest absolute Gasteiger partial charge is 0.462 e. The fraction of sp³-hybridized carbons (Fsp3) is 0.707. The SMILES string of the molecule is CC\C=C/C=C\C=C/C=C\C=C\C=C/C=C\CCCCCC(=O)OCC(COC(=O)CCCCCCCCCCCCCCC)OC(=O)CCCCCCCCCCCCCCCC. The van der Waals surface area contributed by atoms with Crippen LogP contribution in [0.2, 0.25) is 0 Å². The minimum Gasteiger partial charge on any atom is -0.462 e. The molecular weight excluding hydrogens is 793 g/mol. The van der Waals surface area contributed by atoms with Gasteiger partial charge < -0.3 is 14.2 Å². The molecule has 0 fully saturated rings. The number of ether oxygens (including phenoxy) is 3. The van der Waals surface area contributed by atoms with Crippen molar-refractivity contribution < 1.29 is 28.6 Å². The first-order valence-corrected chi connectivity index (χ1v) is 26.7. The number of hydrogen-bond acceptors (Lipinski definition) is 6. The summed E-state index contributed by atoms with van der Waals surface area (Å²) in [6.45, 7) is 6.46. The van der Waals surface area contributed by atoms with Crippen LogP contribution in [0, 0.1) is 0 Å². The van der Waals surface area contributed by atoms with Crippen LogP contribution >= 0.6 is 0 Å². The molecule has 0 N–H and O–H groups in total. The second kappa shape index (κ2) is 52.2. The molecule has 0 aliphatic heterocycles. The van der Waals surface area contributed by atoms with Crippen molar-refractivity contribution in [1.29, 1.82) is 0 Å². The van der Waals surface area contributed by atoms with Crippen molar-refractivity contribution in [1.82, 2.24) is 0 Å². The molecule has 1 atom stereocenters. The van der Waals surface area contributed by atoms with Crippen LogP contribution in [0.5, 0.6) is 0 Å². The summed E-state index contributed by atoms with van der Waals surface area (Å²) in [6, 6.07) is 0. The standard InChI is InChI=1S/C58H98O6/c1-4-7-10-13-16-19-22-25-27-28-29-30-31-34-36-39-42-45-48-51-57(60)63-54-55(53-62-56(59)50-47-44-41-38-35-32-24-21-18-15-12-9-6-3)64-58(61)52-49-46-43-40-37-33-26-23-20-17-14-11-8-5-2/h7,10,13,16,19,22,25,27-31,34,36,55H,4-6,8-9,11-12,14-15,17-18,20-21,23-24,26,32-33,35,37-54H2,1-3H3/b10-7-,16-13-,22-19-,27-25-,29-28+,31-30-,36-34-. The van der Waals surface area contributed by atoms with Gasteiger partial charge in [0.05, 0.1) is 0 Å². The van der Waals surface area contributed by atoms with Gasteiger partial charge >= 0.3 is 17.9 Å². The molecule has 0 heterocycles. The fourth-order valence-corrected chi connectivity index (χ4v) is 7.37. The van der Waals surface area contributed by atoms with E-state index in [1.807, 2.05) is 72.9 Å². The first kappa shape index (κ1) is 60.6. The Balaban J connectivity index is 4.47. The lowest BCUT2D eigenvalue weighted by Gasteiger charge is -2.18. The van der Waals surface area contributed by atoms with Crippen LogP contribution < -0.4 is 0 Å². The molecule has 0 rings (SSSR count). The minimum absolute atomic E-state index is 0.0884. The molecule has 0 aromatic carbocycles. The van der Waals surface area contributed by atoms with Gasteiger partial charge in [-0.25, -0.2) is 0 Å². The lowest BCUT2D eigenvalue weighted by molar-refractivity contribution is -0.167. The summed E-state index contributed by atoms with van der Waals surface area (Å²) in [4.78, 5) is 38.0. The number of rotatable bonds is 47. The van der Waals surface area contributed by atoms with Crippen LogP contribution in [0.4, 0.5) is 0 Å². The molecule has 0 saturated heterocycles. The summed E-state index contributed by atoms with van der Waals surface area (Å²) < 4.78 is 16.8. The van der Waals surface area contributed by atoms with E-state index in [1.54, 1.807) is 0 Å². The molecule has 0 saturated carbocycles. The van der Waals surface area contributed by atoms with Crippen LogP contribution in [-0.2, 0) is 28.6 Å². The molecular formula is C58H98O6. The van der Waals surface area contributed by atoms with Crippen molar-refractivity contribution in [2.24, 2.45) is 0 Å². The summed E-state index contributed by atoms with van der Waals surface area (Å²) in [5.41, 5.74) is 0. The molecule has 64 heavy (non-hydrogen) atoms. The molecule has 0 aliphatic carbocycles. The third-order valence-electron chi connectivity index (χ3n) is 11.4. The maximum absolute atomic E-state index is 12.8. The third kappa shape index (κ3) is 49.6. The van der Waals surface area contributed by atoms with E-state index in [0.717, 1.165) is 70.6 Å². The van der Waals surface area contributed by atoms with Crippen molar-refractivity contribution in [3.8, 4) is 0 Å². The van der Waals surface area contributed by atoms with Crippen LogP contribution in [0.15, 0.2) is 85.1 Å². The van der Waals surface area contributed by atoms with Crippen molar-refractivity contribution in [2.45, 2.75) is 252 Å². The Morgan fingerprint density at radius 1 is 0.328 bits per heavy atom. The molecule has 0 spiro atoms. The summed E-state index contributed by atoms with van der Waals surface area (Å²) in [7, 11) is 0. The van der Waals surface area contributed by atoms with Crippen molar-refractivity contribution >= 4 is 17.9 Å². The summed E-state index contributed by atoms with van der Waals surface area (Å²) in [5.74, 6) is -0.930. The number of esters is 3. The maximum atomic E-state index is 12.8. The van der Waals surface area contributed by atoms with E-state index >= 15 is 0 Å². The average molecular weight is 891 g/mol. The molecule has 6 heteroatoms. The van der Waals surface area contributed by atoms with Crippen LogP contribution in [-0.4, -0.2) is 37.2 Å². The highest BCUT2D eigenvalue weighted by molar-refractivity contribution is 5.71. The topological polar surface area (TPSA) is 78.9 Å². The highest BCUT2D eigenvalue weighted by Gasteiger charge is 2.19. The monoisotopic (exact) mass is 891 g/mol. The van der Waals surface area contributed by atoms with Crippen LogP contribution in [0.1, 0.15) is 245 Å². The summed E-state index contributed by atoms with van der Waals surface area (Å²) in [5, 5.41) is 0. The lowest BCUT2D eigenvalue weighted by atomic mass is 10.0. The Kier molecular flexibility index (Phi) is 49.4. The maximum Gasteiger partial charge on any atom is 0.306 e. The Hall–Kier alpha value is -3.41. The highest BCUT2D eigenvalue weighted by Crippen LogP contribution is 2.16. The Labute approximate surface area is 395 Å². The summed E-state index contributed by atoms with van der Waals surface area (Å²) >= 11 is 0. The third-order valence-corrected chi connectivity index (χ3v) is 11.4. The number of allylic oxidation sites excluding steroid dienone is 14. The second-order valence-corrected chi connectivity index (χ2v) is 17.6. The molecule has 0 aromatic heterocycles. The lowest BCUT2D eigenvalue weighted by Crippen LogP contribution is -2.30. The van der Waals surface area contributed by atoms with E-state index < -0.39 is 6.10 Å². The predicted molar refractivity (Wildman–Crippen MR) is 274 cm³/mol. The van der Waals surface area contributed by atoms with Crippen LogP contribution in [0.3, 0.4) is 0 Å². The van der Waals surface area contributed by atoms with Gasteiger partial charge in [-0.1, -0.05) is 273 Å². The van der Waals surface area contributed by atoms with Crippen molar-refractivity contribution in [2.75, 3.05) is 13.2 Å². The van der Waals surface area contributed by atoms with Gasteiger partial charge in [-0.05, 0) is 38.5 Å². The normalized spacial score (nSPS) is 12.7. The van der Waals surface area contributed by atoms with Crippen molar-refractivity contribution in [3.05, 3.63) is 85.1 Å². The van der Waals surface area contributed by atoms with Gasteiger partial charge in [0, 0.05) is 19.3 Å². The van der Waals surface area contributed by atoms with Gasteiger partial charge in [-0.2, -0.15) is 0 Å². The van der Waals surface area contributed by atoms with E-state index in [0.29, 0.717) is 19.3 Å². The fourth-order valence-electron chi connectivity index (χ4n) is 7.37. The molecule has 0 radical (unpaired) electrons. The summed E-state index contributed by atoms with van der Waals surface area (Å²) in [6.07, 6.45) is 67.0. The first-order valence-electron chi connectivity index (χ1n) is 26.7. The molecule has 6 nitrogen and oxygen atoms in total. The molecule has 0 aliphatic rings. The zero-order chi connectivity index (χ0) is 46.5. The zero-order valence-electron chi connectivity index (χ0n) is 41.8. The van der Waals surface area contributed by atoms with Gasteiger partial charge in [0.2, 0.25) is 0 Å². The van der Waals surface area contributed by atoms with Crippen LogP contribution in [0.25, 0.3) is 0 Å². The van der Waals surface area contributed by atoms with E-state index in [4.69, 9.17) is 14.2 Å². The Morgan fingerprint density at radius 2 is 0.609 bits per heavy atom. The first-order chi connectivity index (χ1) is 31.5. The number of carbonyl (C=O) groups excluding carboxylic acids is 3. The smallest absolute Gasteiger partial charge is 0.306 e. The zero-order valence-corrected chi connectivity index (χ0v) is 41.8. The minimum atomic E-state index is -0.792. The molecule has 366 valence electrons. The Bertz CT molecular complexity index is 1250. The van der Waals surface area contributed by atoms with Gasteiger partial charge in [0.1, 0.15) is 13.2 Å². The average Bonchev–Trinajstić information content (AvgIpc) is 3.29. The quantitative estimate of drug-likeness (QED) is 0.0262. The molecule has 1 unspecified atom stereocenters. The second-order valence-electron chi connectivity index (χ2n) is 17.6. The number of unbranched alkanes of at least 4 members (excludes halogenated alkanes) is 28. The van der Waals surface area contributed by atoms with E-state index in [2.05, 4.69) is 32.9 Å².